The van der Waals surface area contributed by atoms with Gasteiger partial charge in [-0.3, -0.25) is 0 Å². The van der Waals surface area contributed by atoms with E-state index in [1.54, 1.807) is 12.5 Å². The van der Waals surface area contributed by atoms with Crippen LogP contribution in [0.4, 0.5) is 0 Å². The number of carbonyl (C=O) groups excluding carboxylic acids is 1. The van der Waals surface area contributed by atoms with Crippen molar-refractivity contribution >= 4 is 28.6 Å². The lowest BCUT2D eigenvalue weighted by atomic mass is 9.77. The number of hydrogen-bond donors (Lipinski definition) is 0. The Hall–Kier alpha value is -2.93. The molecule has 0 atom stereocenters. The van der Waals surface area contributed by atoms with Crippen molar-refractivity contribution in [3.63, 3.8) is 0 Å². The third kappa shape index (κ3) is 3.35. The van der Waals surface area contributed by atoms with E-state index in [1.165, 1.54) is 7.11 Å². The number of methoxy groups -OCH3 is 1. The molecule has 1 aromatic heterocycles. The third-order valence-corrected chi connectivity index (χ3v) is 5.95. The Morgan fingerprint density at radius 2 is 1.45 bits per heavy atom. The van der Waals surface area contributed by atoms with Gasteiger partial charge in [-0.05, 0) is 39.8 Å². The van der Waals surface area contributed by atoms with Gasteiger partial charge >= 0.3 is 5.97 Å². The maximum absolute atomic E-state index is 12.1. The summed E-state index contributed by atoms with van der Waals surface area (Å²) in [6.07, 6.45) is 3.46. The van der Waals surface area contributed by atoms with E-state index in [0.717, 1.165) is 20.3 Å². The zero-order chi connectivity index (χ0) is 20.3. The van der Waals surface area contributed by atoms with E-state index in [0.29, 0.717) is 0 Å². The zero-order valence-corrected chi connectivity index (χ0v) is 18.0. The first-order chi connectivity index (χ1) is 14.2. The number of benzene rings is 3. The van der Waals surface area contributed by atoms with E-state index >= 15 is 0 Å². The number of imidazole rings is 1. The van der Waals surface area contributed by atoms with Crippen LogP contribution in [0.25, 0.3) is 0 Å². The van der Waals surface area contributed by atoms with E-state index in [9.17, 15) is 4.79 Å². The standard InChI is InChI=1S/C24H19IN2O2/c1-29-23(28)22-16-27(17-26-22)24(18-10-4-2-5-11-18,19-12-6-3-7-13-19)20-14-8-9-15-21(20)25/h2-17H,1H3. The minimum atomic E-state index is -0.695. The molecule has 144 valence electrons. The number of halogens is 1. The van der Waals surface area contributed by atoms with Crippen LogP contribution in [0.1, 0.15) is 27.2 Å². The highest BCUT2D eigenvalue weighted by atomic mass is 127. The van der Waals surface area contributed by atoms with Crippen molar-refractivity contribution in [1.82, 2.24) is 9.55 Å². The predicted octanol–water partition coefficient (Wildman–Crippen LogP) is 5.11. The summed E-state index contributed by atoms with van der Waals surface area (Å²) in [7, 11) is 1.36. The summed E-state index contributed by atoms with van der Waals surface area (Å²) in [5.41, 5.74) is 2.83. The molecule has 0 unspecified atom stereocenters. The lowest BCUT2D eigenvalue weighted by Gasteiger charge is -2.38. The molecule has 0 aliphatic rings. The smallest absolute Gasteiger partial charge is 0.358 e. The van der Waals surface area contributed by atoms with Gasteiger partial charge in [0.2, 0.25) is 0 Å². The molecular formula is C24H19IN2O2. The topological polar surface area (TPSA) is 44.1 Å². The van der Waals surface area contributed by atoms with Gasteiger partial charge in [0, 0.05) is 15.3 Å². The molecule has 4 nitrogen and oxygen atoms in total. The molecule has 0 fully saturated rings. The van der Waals surface area contributed by atoms with Crippen molar-refractivity contribution in [3.8, 4) is 0 Å². The van der Waals surface area contributed by atoms with Crippen molar-refractivity contribution in [2.24, 2.45) is 0 Å². The molecule has 0 amide bonds. The van der Waals surface area contributed by atoms with E-state index in [1.807, 2.05) is 53.1 Å². The van der Waals surface area contributed by atoms with Crippen LogP contribution in [0, 0.1) is 3.57 Å². The van der Waals surface area contributed by atoms with Crippen LogP contribution in [-0.4, -0.2) is 22.6 Å². The Kier molecular flexibility index (Phi) is 5.49. The molecule has 0 saturated carbocycles. The van der Waals surface area contributed by atoms with Crippen molar-refractivity contribution in [1.29, 1.82) is 0 Å². The van der Waals surface area contributed by atoms with Crippen LogP contribution in [0.15, 0.2) is 97.5 Å². The molecule has 0 aliphatic carbocycles. The van der Waals surface area contributed by atoms with Gasteiger partial charge in [0.05, 0.1) is 13.4 Å². The highest BCUT2D eigenvalue weighted by Crippen LogP contribution is 2.42. The monoisotopic (exact) mass is 494 g/mol. The van der Waals surface area contributed by atoms with Crippen molar-refractivity contribution in [3.05, 3.63) is 123 Å². The van der Waals surface area contributed by atoms with Gasteiger partial charge in [-0.15, -0.1) is 0 Å². The minimum Gasteiger partial charge on any atom is -0.464 e. The number of ether oxygens (including phenoxy) is 1. The number of nitrogens with zero attached hydrogens (tertiary/aromatic N) is 2. The van der Waals surface area contributed by atoms with Gasteiger partial charge in [-0.25, -0.2) is 9.78 Å². The summed E-state index contributed by atoms with van der Waals surface area (Å²) in [5, 5.41) is 0. The highest BCUT2D eigenvalue weighted by molar-refractivity contribution is 14.1. The van der Waals surface area contributed by atoms with Crippen LogP contribution in [0.2, 0.25) is 0 Å². The van der Waals surface area contributed by atoms with Crippen LogP contribution < -0.4 is 0 Å². The normalized spacial score (nSPS) is 11.2. The fourth-order valence-electron chi connectivity index (χ4n) is 3.74. The largest absolute Gasteiger partial charge is 0.464 e. The average molecular weight is 494 g/mol. The second-order valence-electron chi connectivity index (χ2n) is 6.58. The Balaban J connectivity index is 2.11. The molecule has 4 rings (SSSR count). The zero-order valence-electron chi connectivity index (χ0n) is 15.8. The van der Waals surface area contributed by atoms with Gasteiger partial charge in [-0.2, -0.15) is 0 Å². The molecule has 1 heterocycles. The second kappa shape index (κ2) is 8.21. The Morgan fingerprint density at radius 3 is 2.00 bits per heavy atom. The summed E-state index contributed by atoms with van der Waals surface area (Å²) >= 11 is 2.37. The minimum absolute atomic E-state index is 0.273. The maximum Gasteiger partial charge on any atom is 0.358 e. The second-order valence-corrected chi connectivity index (χ2v) is 7.74. The predicted molar refractivity (Wildman–Crippen MR) is 121 cm³/mol. The number of rotatable bonds is 5. The Bertz CT molecular complexity index is 1080. The summed E-state index contributed by atoms with van der Waals surface area (Å²) in [6, 6.07) is 28.8. The van der Waals surface area contributed by atoms with Crippen LogP contribution in [0.5, 0.6) is 0 Å². The third-order valence-electron chi connectivity index (χ3n) is 5.01. The molecule has 3 aromatic carbocycles. The summed E-state index contributed by atoms with van der Waals surface area (Å²) < 4.78 is 8.01. The quantitative estimate of drug-likeness (QED) is 0.220. The average Bonchev–Trinajstić information content (AvgIpc) is 3.27. The Morgan fingerprint density at radius 1 is 0.897 bits per heavy atom. The number of hydrogen-bond acceptors (Lipinski definition) is 3. The first-order valence-electron chi connectivity index (χ1n) is 9.16. The van der Waals surface area contributed by atoms with Crippen LogP contribution in [0.3, 0.4) is 0 Å². The number of aromatic nitrogens is 2. The molecule has 0 aliphatic heterocycles. The molecule has 0 radical (unpaired) electrons. The lowest BCUT2D eigenvalue weighted by Crippen LogP contribution is -2.37. The van der Waals surface area contributed by atoms with Crippen molar-refractivity contribution in [2.75, 3.05) is 7.11 Å². The van der Waals surface area contributed by atoms with E-state index in [-0.39, 0.29) is 5.69 Å². The van der Waals surface area contributed by atoms with Gasteiger partial charge in [-0.1, -0.05) is 78.9 Å². The molecule has 4 aromatic rings. The molecule has 0 bridgehead atoms. The molecule has 0 spiro atoms. The van der Waals surface area contributed by atoms with Crippen molar-refractivity contribution < 1.29 is 9.53 Å². The van der Waals surface area contributed by atoms with E-state index in [4.69, 9.17) is 4.74 Å². The van der Waals surface area contributed by atoms with Crippen LogP contribution in [-0.2, 0) is 10.3 Å². The highest BCUT2D eigenvalue weighted by Gasteiger charge is 2.40. The molecule has 29 heavy (non-hydrogen) atoms. The first-order valence-corrected chi connectivity index (χ1v) is 10.2. The summed E-state index contributed by atoms with van der Waals surface area (Å²) in [4.78, 5) is 16.5. The van der Waals surface area contributed by atoms with Gasteiger partial charge in [0.25, 0.3) is 0 Å². The van der Waals surface area contributed by atoms with Gasteiger partial charge in [0.1, 0.15) is 5.54 Å². The molecular weight excluding hydrogens is 475 g/mol. The first kappa shape index (κ1) is 19.4. The fourth-order valence-corrected chi connectivity index (χ4v) is 4.52. The fraction of sp³-hybridized carbons (Fsp3) is 0.0833. The number of esters is 1. The molecule has 0 saturated heterocycles. The number of carbonyl (C=O) groups is 1. The molecule has 0 N–H and O–H groups in total. The SMILES string of the molecule is COC(=O)c1cn(C(c2ccccc2)(c2ccccc2)c2ccccc2I)cn1. The maximum atomic E-state index is 12.1. The summed E-state index contributed by atoms with van der Waals surface area (Å²) in [6.45, 7) is 0. The Labute approximate surface area is 183 Å². The van der Waals surface area contributed by atoms with Gasteiger partial charge < -0.3 is 9.30 Å². The molecule has 5 heteroatoms. The van der Waals surface area contributed by atoms with Crippen molar-refractivity contribution in [2.45, 2.75) is 5.54 Å². The summed E-state index contributed by atoms with van der Waals surface area (Å²) in [5.74, 6) is -0.457. The lowest BCUT2D eigenvalue weighted by molar-refractivity contribution is 0.0594. The van der Waals surface area contributed by atoms with Gasteiger partial charge in [0.15, 0.2) is 5.69 Å². The van der Waals surface area contributed by atoms with Crippen LogP contribution >= 0.6 is 22.6 Å². The van der Waals surface area contributed by atoms with E-state index < -0.39 is 11.5 Å². The van der Waals surface area contributed by atoms with E-state index in [2.05, 4.69) is 64.0 Å².